The van der Waals surface area contributed by atoms with E-state index in [4.69, 9.17) is 9.47 Å². The van der Waals surface area contributed by atoms with Crippen LogP contribution in [0.2, 0.25) is 0 Å². The van der Waals surface area contributed by atoms with E-state index in [1.54, 1.807) is 13.0 Å². The number of benzene rings is 1. The maximum atomic E-state index is 12.5. The molecule has 6 heteroatoms. The first-order valence-corrected chi connectivity index (χ1v) is 10.9. The van der Waals surface area contributed by atoms with E-state index in [2.05, 4.69) is 29.0 Å². The van der Waals surface area contributed by atoms with Crippen LogP contribution < -0.4 is 0 Å². The smallest absolute Gasteiger partial charge is 0.410 e. The van der Waals surface area contributed by atoms with E-state index in [1.807, 2.05) is 0 Å². The van der Waals surface area contributed by atoms with Gasteiger partial charge in [-0.05, 0) is 66.7 Å². The van der Waals surface area contributed by atoms with Gasteiger partial charge in [-0.1, -0.05) is 37.3 Å². The minimum absolute atomic E-state index is 0.0188. The number of ether oxygens (including phenoxy) is 3. The predicted octanol–water partition coefficient (Wildman–Crippen LogP) is 6.32. The molecule has 3 unspecified atom stereocenters. The Kier molecular flexibility index (Phi) is 5.18. The molecule has 4 atom stereocenters. The van der Waals surface area contributed by atoms with Gasteiger partial charge in [0.15, 0.2) is 6.29 Å². The van der Waals surface area contributed by atoms with E-state index < -0.39 is 6.36 Å². The van der Waals surface area contributed by atoms with E-state index in [-0.39, 0.29) is 18.0 Å². The highest BCUT2D eigenvalue weighted by molar-refractivity contribution is 5.69. The van der Waals surface area contributed by atoms with Crippen LogP contribution in [0, 0.1) is 11.8 Å². The largest absolute Gasteiger partial charge is 0.572 e. The zero-order chi connectivity index (χ0) is 20.9. The van der Waals surface area contributed by atoms with Gasteiger partial charge in [-0.3, -0.25) is 0 Å². The monoisotopic (exact) mass is 420 g/mol. The van der Waals surface area contributed by atoms with E-state index in [0.717, 1.165) is 17.6 Å². The topological polar surface area (TPSA) is 31.0 Å². The second kappa shape index (κ2) is 7.72. The molecule has 2 saturated heterocycles. The third-order valence-electron chi connectivity index (χ3n) is 7.05. The molecule has 1 saturated carbocycles. The lowest BCUT2D eigenvalue weighted by atomic mass is 9.76. The van der Waals surface area contributed by atoms with Crippen LogP contribution in [0.4, 0.5) is 13.2 Å². The van der Waals surface area contributed by atoms with Crippen LogP contribution in [0.5, 0.6) is 0 Å². The highest BCUT2D eigenvalue weighted by Gasteiger charge is 2.51. The van der Waals surface area contributed by atoms with Crippen molar-refractivity contribution in [2.24, 2.45) is 11.8 Å². The van der Waals surface area contributed by atoms with Crippen LogP contribution in [0.1, 0.15) is 62.5 Å². The molecule has 5 rings (SSSR count). The van der Waals surface area contributed by atoms with Gasteiger partial charge in [-0.25, -0.2) is 0 Å². The number of hydrogen-bond donors (Lipinski definition) is 0. The van der Waals surface area contributed by atoms with Gasteiger partial charge in [0.05, 0.1) is 6.10 Å². The second-order valence-electron chi connectivity index (χ2n) is 9.10. The Hall–Kier alpha value is -1.79. The Balaban J connectivity index is 1.19. The van der Waals surface area contributed by atoms with Crippen LogP contribution in [-0.2, 0) is 14.2 Å². The summed E-state index contributed by atoms with van der Waals surface area (Å²) in [7, 11) is 0. The van der Waals surface area contributed by atoms with E-state index in [9.17, 15) is 13.2 Å². The highest BCUT2D eigenvalue weighted by Crippen LogP contribution is 2.45. The summed E-state index contributed by atoms with van der Waals surface area (Å²) in [6.45, 7) is 1.76. The molecule has 30 heavy (non-hydrogen) atoms. The van der Waals surface area contributed by atoms with Gasteiger partial charge in [0, 0.05) is 12.3 Å². The van der Waals surface area contributed by atoms with Crippen molar-refractivity contribution in [1.82, 2.24) is 0 Å². The molecule has 3 fully saturated rings. The average molecular weight is 420 g/mol. The second-order valence-corrected chi connectivity index (χ2v) is 9.10. The van der Waals surface area contributed by atoms with E-state index in [0.29, 0.717) is 30.5 Å². The lowest BCUT2D eigenvalue weighted by molar-refractivity contribution is -0.308. The van der Waals surface area contributed by atoms with Crippen molar-refractivity contribution in [1.29, 1.82) is 0 Å². The fourth-order valence-electron chi connectivity index (χ4n) is 5.30. The molecule has 1 aromatic rings. The van der Waals surface area contributed by atoms with E-state index >= 15 is 0 Å². The quantitative estimate of drug-likeness (QED) is 0.534. The van der Waals surface area contributed by atoms with Crippen LogP contribution in [-0.4, -0.2) is 24.9 Å². The lowest BCUT2D eigenvalue weighted by Crippen LogP contribution is -2.26. The number of alkyl halides is 3. The summed E-state index contributed by atoms with van der Waals surface area (Å²) in [6, 6.07) is 8.58. The molecule has 1 aromatic carbocycles. The van der Waals surface area contributed by atoms with Crippen molar-refractivity contribution in [3.8, 4) is 0 Å². The number of fused-ring (bicyclic) bond motifs is 1. The van der Waals surface area contributed by atoms with Crippen LogP contribution in [0.25, 0.3) is 5.57 Å². The summed E-state index contributed by atoms with van der Waals surface area (Å²) >= 11 is 0. The predicted molar refractivity (Wildman–Crippen MR) is 106 cm³/mol. The number of hydrogen-bond acceptors (Lipinski definition) is 3. The first kappa shape index (κ1) is 20.1. The van der Waals surface area contributed by atoms with Crippen molar-refractivity contribution in [2.75, 3.05) is 0 Å². The molecule has 2 aliphatic carbocycles. The fourth-order valence-corrected chi connectivity index (χ4v) is 5.30. The van der Waals surface area contributed by atoms with Crippen molar-refractivity contribution < 1.29 is 27.4 Å². The minimum atomic E-state index is -4.63. The summed E-state index contributed by atoms with van der Waals surface area (Å²) in [5, 5.41) is 0. The molecule has 162 valence electrons. The molecule has 0 radical (unpaired) electrons. The molecule has 0 bridgehead atoms. The van der Waals surface area contributed by atoms with Gasteiger partial charge < -0.3 is 14.2 Å². The van der Waals surface area contributed by atoms with Crippen molar-refractivity contribution in [2.45, 2.75) is 76.2 Å². The van der Waals surface area contributed by atoms with E-state index in [1.165, 1.54) is 37.3 Å². The fraction of sp³-hybridized carbons (Fsp3) is 0.583. The third-order valence-corrected chi connectivity index (χ3v) is 7.05. The maximum Gasteiger partial charge on any atom is 0.572 e. The Labute approximate surface area is 174 Å². The standard InChI is InChI=1S/C24H27F3O3/c1-14-12-19(10-11-20(14)30-24(25,26)27)17-4-2-15(3-5-17)16-6-8-18(9-7-16)21-13-22-23(28-21)29-22/h2-5,10-11,14,16,18,21-23H,6-9,12-13H2,1H3/t14?,16?,18?,21?,22?,23-/m0/s1. The van der Waals surface area contributed by atoms with Gasteiger partial charge in [-0.15, -0.1) is 13.2 Å². The van der Waals surface area contributed by atoms with Crippen molar-refractivity contribution >= 4 is 5.57 Å². The van der Waals surface area contributed by atoms with Gasteiger partial charge in [0.25, 0.3) is 0 Å². The molecular formula is C24H27F3O3. The summed E-state index contributed by atoms with van der Waals surface area (Å²) in [5.41, 5.74) is 3.48. The molecule has 4 aliphatic rings. The number of epoxide rings is 1. The molecule has 0 N–H and O–H groups in total. The number of allylic oxidation sites excluding steroid dienone is 4. The summed E-state index contributed by atoms with van der Waals surface area (Å²) in [5.74, 6) is 0.921. The summed E-state index contributed by atoms with van der Waals surface area (Å²) < 4.78 is 52.9. The molecule has 2 heterocycles. The Morgan fingerprint density at radius 3 is 2.23 bits per heavy atom. The molecule has 2 aliphatic heterocycles. The number of rotatable bonds is 4. The number of halogens is 3. The first-order valence-electron chi connectivity index (χ1n) is 10.9. The zero-order valence-electron chi connectivity index (χ0n) is 17.0. The van der Waals surface area contributed by atoms with Crippen molar-refractivity contribution in [3.05, 3.63) is 53.3 Å². The Morgan fingerprint density at radius 1 is 0.933 bits per heavy atom. The third kappa shape index (κ3) is 4.30. The SMILES string of the molecule is CC1CC(c2ccc(C3CCC(C4CC5O[C@@H]5O4)CC3)cc2)=CC=C1OC(F)(F)F. The first-order chi connectivity index (χ1) is 14.4. The van der Waals surface area contributed by atoms with Gasteiger partial charge >= 0.3 is 6.36 Å². The van der Waals surface area contributed by atoms with Crippen LogP contribution >= 0.6 is 0 Å². The zero-order valence-corrected chi connectivity index (χ0v) is 17.0. The van der Waals surface area contributed by atoms with Gasteiger partial charge in [0.1, 0.15) is 11.9 Å². The Bertz CT molecular complexity index is 824. The molecular weight excluding hydrogens is 393 g/mol. The summed E-state index contributed by atoms with van der Waals surface area (Å²) in [6.07, 6.45) is 5.77. The summed E-state index contributed by atoms with van der Waals surface area (Å²) in [4.78, 5) is 0. The lowest BCUT2D eigenvalue weighted by Gasteiger charge is -2.32. The average Bonchev–Trinajstić information content (AvgIpc) is 3.34. The van der Waals surface area contributed by atoms with Crippen LogP contribution in [0.3, 0.4) is 0 Å². The molecule has 0 spiro atoms. The Morgan fingerprint density at radius 2 is 1.63 bits per heavy atom. The normalized spacial score (nSPS) is 36.0. The highest BCUT2D eigenvalue weighted by atomic mass is 19.4. The van der Waals surface area contributed by atoms with Crippen molar-refractivity contribution in [3.63, 3.8) is 0 Å². The van der Waals surface area contributed by atoms with Gasteiger partial charge in [-0.2, -0.15) is 0 Å². The molecule has 0 aromatic heterocycles. The van der Waals surface area contributed by atoms with Crippen LogP contribution in [0.15, 0.2) is 42.2 Å². The molecule has 0 amide bonds. The minimum Gasteiger partial charge on any atom is -0.410 e. The van der Waals surface area contributed by atoms with Gasteiger partial charge in [0.2, 0.25) is 0 Å². The molecule has 3 nitrogen and oxygen atoms in total. The maximum absolute atomic E-state index is 12.5.